The number of halogens is 1. The summed E-state index contributed by atoms with van der Waals surface area (Å²) in [5, 5.41) is 8.74. The SMILES string of the molecule is Cc1ccc(C(=O)COc2cc(C#N)ccc2F)cc1. The van der Waals surface area contributed by atoms with Crippen LogP contribution in [0.15, 0.2) is 42.5 Å². The molecule has 4 heteroatoms. The zero-order valence-corrected chi connectivity index (χ0v) is 10.9. The fourth-order valence-electron chi connectivity index (χ4n) is 1.65. The molecule has 0 atom stereocenters. The van der Waals surface area contributed by atoms with Gasteiger partial charge in [-0.3, -0.25) is 4.79 Å². The van der Waals surface area contributed by atoms with E-state index in [2.05, 4.69) is 0 Å². The van der Waals surface area contributed by atoms with E-state index in [1.807, 2.05) is 25.1 Å². The lowest BCUT2D eigenvalue weighted by Gasteiger charge is -2.07. The molecule has 0 radical (unpaired) electrons. The first-order valence-corrected chi connectivity index (χ1v) is 6.02. The Kier molecular flexibility index (Phi) is 4.11. The van der Waals surface area contributed by atoms with Gasteiger partial charge in [-0.1, -0.05) is 29.8 Å². The van der Waals surface area contributed by atoms with Crippen molar-refractivity contribution < 1.29 is 13.9 Å². The first kappa shape index (κ1) is 13.8. The summed E-state index contributed by atoms with van der Waals surface area (Å²) in [6.07, 6.45) is 0. The predicted octanol–water partition coefficient (Wildman–Crippen LogP) is 3.27. The number of hydrogen-bond donors (Lipinski definition) is 0. The van der Waals surface area contributed by atoms with Crippen molar-refractivity contribution >= 4 is 5.78 Å². The molecule has 0 aliphatic carbocycles. The first-order chi connectivity index (χ1) is 9.60. The van der Waals surface area contributed by atoms with Crippen LogP contribution in [-0.2, 0) is 0 Å². The molecule has 0 spiro atoms. The van der Waals surface area contributed by atoms with Gasteiger partial charge in [-0.15, -0.1) is 0 Å². The Morgan fingerprint density at radius 3 is 2.60 bits per heavy atom. The van der Waals surface area contributed by atoms with Crippen LogP contribution in [0.1, 0.15) is 21.5 Å². The highest BCUT2D eigenvalue weighted by Gasteiger charge is 2.10. The molecule has 0 saturated carbocycles. The predicted molar refractivity (Wildman–Crippen MR) is 72.1 cm³/mol. The second-order valence-corrected chi connectivity index (χ2v) is 4.33. The van der Waals surface area contributed by atoms with Gasteiger partial charge in [-0.05, 0) is 19.1 Å². The van der Waals surface area contributed by atoms with Gasteiger partial charge in [-0.25, -0.2) is 4.39 Å². The number of carbonyl (C=O) groups is 1. The van der Waals surface area contributed by atoms with Crippen molar-refractivity contribution in [1.82, 2.24) is 0 Å². The number of Topliss-reactive ketones (excluding diaryl/α,β-unsaturated/α-hetero) is 1. The maximum absolute atomic E-state index is 13.5. The molecule has 2 aromatic carbocycles. The lowest BCUT2D eigenvalue weighted by molar-refractivity contribution is 0.0918. The number of hydrogen-bond acceptors (Lipinski definition) is 3. The molecular formula is C16H12FNO2. The van der Waals surface area contributed by atoms with Crippen molar-refractivity contribution in [2.75, 3.05) is 6.61 Å². The smallest absolute Gasteiger partial charge is 0.200 e. The van der Waals surface area contributed by atoms with Crippen molar-refractivity contribution in [2.24, 2.45) is 0 Å². The molecule has 2 aromatic rings. The molecule has 100 valence electrons. The van der Waals surface area contributed by atoms with E-state index < -0.39 is 5.82 Å². The van der Waals surface area contributed by atoms with Gasteiger partial charge in [0.2, 0.25) is 0 Å². The molecule has 0 amide bonds. The Bertz CT molecular complexity index is 672. The molecule has 0 unspecified atom stereocenters. The van der Waals surface area contributed by atoms with Gasteiger partial charge in [0, 0.05) is 11.6 Å². The van der Waals surface area contributed by atoms with Crippen LogP contribution in [0.5, 0.6) is 5.75 Å². The summed E-state index contributed by atoms with van der Waals surface area (Å²) < 4.78 is 18.6. The first-order valence-electron chi connectivity index (χ1n) is 6.02. The average molecular weight is 269 g/mol. The maximum Gasteiger partial charge on any atom is 0.200 e. The Labute approximate surface area is 116 Å². The second kappa shape index (κ2) is 5.98. The fraction of sp³-hybridized carbons (Fsp3) is 0.125. The van der Waals surface area contributed by atoms with Crippen LogP contribution < -0.4 is 4.74 Å². The molecular weight excluding hydrogens is 257 g/mol. The number of ether oxygens (including phenoxy) is 1. The topological polar surface area (TPSA) is 50.1 Å². The highest BCUT2D eigenvalue weighted by atomic mass is 19.1. The molecule has 0 N–H and O–H groups in total. The zero-order chi connectivity index (χ0) is 14.5. The number of benzene rings is 2. The van der Waals surface area contributed by atoms with E-state index in [0.717, 1.165) is 11.6 Å². The van der Waals surface area contributed by atoms with Gasteiger partial charge >= 0.3 is 0 Å². The number of aryl methyl sites for hydroxylation is 1. The quantitative estimate of drug-likeness (QED) is 0.800. The zero-order valence-electron chi connectivity index (χ0n) is 10.9. The van der Waals surface area contributed by atoms with E-state index >= 15 is 0 Å². The third-order valence-corrected chi connectivity index (χ3v) is 2.79. The third-order valence-electron chi connectivity index (χ3n) is 2.79. The molecule has 0 aliphatic rings. The summed E-state index contributed by atoms with van der Waals surface area (Å²) in [5.41, 5.74) is 1.84. The van der Waals surface area contributed by atoms with E-state index in [1.54, 1.807) is 12.1 Å². The van der Waals surface area contributed by atoms with Crippen molar-refractivity contribution in [3.05, 3.63) is 65.0 Å². The minimum atomic E-state index is -0.597. The van der Waals surface area contributed by atoms with Crippen molar-refractivity contribution in [1.29, 1.82) is 5.26 Å². The minimum absolute atomic E-state index is 0.0930. The molecule has 0 saturated heterocycles. The normalized spacial score (nSPS) is 9.85. The number of carbonyl (C=O) groups excluding carboxylic acids is 1. The molecule has 0 fully saturated rings. The van der Waals surface area contributed by atoms with Gasteiger partial charge < -0.3 is 4.74 Å². The van der Waals surface area contributed by atoms with E-state index in [9.17, 15) is 9.18 Å². The Hall–Kier alpha value is -2.67. The summed E-state index contributed by atoms with van der Waals surface area (Å²) in [6, 6.07) is 12.7. The summed E-state index contributed by atoms with van der Waals surface area (Å²) in [7, 11) is 0. The fourth-order valence-corrected chi connectivity index (χ4v) is 1.65. The van der Waals surface area contributed by atoms with E-state index in [4.69, 9.17) is 10.00 Å². The molecule has 20 heavy (non-hydrogen) atoms. The van der Waals surface area contributed by atoms with Crippen LogP contribution in [0.2, 0.25) is 0 Å². The molecule has 0 heterocycles. The Morgan fingerprint density at radius 1 is 1.25 bits per heavy atom. The summed E-state index contributed by atoms with van der Waals surface area (Å²) in [5.74, 6) is -0.933. The summed E-state index contributed by atoms with van der Waals surface area (Å²) in [6.45, 7) is 1.66. The minimum Gasteiger partial charge on any atom is -0.482 e. The lowest BCUT2D eigenvalue weighted by Crippen LogP contribution is -2.12. The number of rotatable bonds is 4. The van der Waals surface area contributed by atoms with Gasteiger partial charge in [0.05, 0.1) is 11.6 Å². The van der Waals surface area contributed by atoms with E-state index in [-0.39, 0.29) is 23.7 Å². The van der Waals surface area contributed by atoms with E-state index in [0.29, 0.717) is 5.56 Å². The Balaban J connectivity index is 2.07. The van der Waals surface area contributed by atoms with Crippen LogP contribution in [0.3, 0.4) is 0 Å². The molecule has 2 rings (SSSR count). The second-order valence-electron chi connectivity index (χ2n) is 4.33. The monoisotopic (exact) mass is 269 g/mol. The summed E-state index contributed by atoms with van der Waals surface area (Å²) >= 11 is 0. The van der Waals surface area contributed by atoms with Gasteiger partial charge in [0.1, 0.15) is 0 Å². The van der Waals surface area contributed by atoms with Crippen molar-refractivity contribution in [2.45, 2.75) is 6.92 Å². The van der Waals surface area contributed by atoms with Crippen LogP contribution in [0, 0.1) is 24.1 Å². The Morgan fingerprint density at radius 2 is 1.95 bits per heavy atom. The molecule has 0 aromatic heterocycles. The van der Waals surface area contributed by atoms with Crippen LogP contribution in [0.25, 0.3) is 0 Å². The summed E-state index contributed by atoms with van der Waals surface area (Å²) in [4.78, 5) is 11.9. The van der Waals surface area contributed by atoms with Crippen LogP contribution in [-0.4, -0.2) is 12.4 Å². The molecule has 0 bridgehead atoms. The van der Waals surface area contributed by atoms with Crippen molar-refractivity contribution in [3.8, 4) is 11.8 Å². The number of ketones is 1. The standard InChI is InChI=1S/C16H12FNO2/c1-11-2-5-13(6-3-11)15(19)10-20-16-8-12(9-18)4-7-14(16)17/h2-8H,10H2,1H3. The average Bonchev–Trinajstić information content (AvgIpc) is 2.47. The van der Waals surface area contributed by atoms with Gasteiger partial charge in [0.15, 0.2) is 24.0 Å². The molecule has 0 aliphatic heterocycles. The molecule has 3 nitrogen and oxygen atoms in total. The van der Waals surface area contributed by atoms with Gasteiger partial charge in [0.25, 0.3) is 0 Å². The number of nitrogens with zero attached hydrogens (tertiary/aromatic N) is 1. The van der Waals surface area contributed by atoms with Crippen molar-refractivity contribution in [3.63, 3.8) is 0 Å². The van der Waals surface area contributed by atoms with Crippen LogP contribution in [0.4, 0.5) is 4.39 Å². The highest BCUT2D eigenvalue weighted by molar-refractivity contribution is 5.97. The lowest BCUT2D eigenvalue weighted by atomic mass is 10.1. The highest BCUT2D eigenvalue weighted by Crippen LogP contribution is 2.18. The van der Waals surface area contributed by atoms with Crippen LogP contribution >= 0.6 is 0 Å². The maximum atomic E-state index is 13.5. The van der Waals surface area contributed by atoms with E-state index in [1.165, 1.54) is 12.1 Å². The largest absolute Gasteiger partial charge is 0.482 e. The third kappa shape index (κ3) is 3.21. The number of nitriles is 1. The van der Waals surface area contributed by atoms with Gasteiger partial charge in [-0.2, -0.15) is 5.26 Å².